The Labute approximate surface area is 122 Å². The van der Waals surface area contributed by atoms with E-state index in [-0.39, 0.29) is 5.56 Å². The van der Waals surface area contributed by atoms with E-state index in [9.17, 15) is 14.4 Å². The van der Waals surface area contributed by atoms with Crippen LogP contribution in [0.5, 0.6) is 0 Å². The predicted molar refractivity (Wildman–Crippen MR) is 74.8 cm³/mol. The van der Waals surface area contributed by atoms with Crippen molar-refractivity contribution in [3.05, 3.63) is 29.8 Å². The number of esters is 1. The van der Waals surface area contributed by atoms with Gasteiger partial charge in [0, 0.05) is 0 Å². The minimum Gasteiger partial charge on any atom is -0.481 e. The Hall–Kier alpha value is -2.37. The molecule has 1 saturated carbocycles. The molecule has 2 atom stereocenters. The molecule has 1 aromatic rings. The van der Waals surface area contributed by atoms with Crippen LogP contribution >= 0.6 is 0 Å². The number of ether oxygens (including phenoxy) is 1. The Balaban J connectivity index is 2.19. The summed E-state index contributed by atoms with van der Waals surface area (Å²) in [5.41, 5.74) is -0.0317. The Morgan fingerprint density at radius 3 is 2.33 bits per heavy atom. The number of rotatable bonds is 4. The number of carboxylic acid groups (broad SMARTS) is 1. The van der Waals surface area contributed by atoms with Crippen LogP contribution in [-0.2, 0) is 14.3 Å². The maximum absolute atomic E-state index is 12.2. The van der Waals surface area contributed by atoms with Crippen molar-refractivity contribution in [1.82, 2.24) is 0 Å². The molecule has 1 fully saturated rings. The number of aliphatic carboxylic acids is 1. The van der Waals surface area contributed by atoms with Crippen LogP contribution in [0.4, 0.5) is 5.69 Å². The van der Waals surface area contributed by atoms with Crippen LogP contribution in [0, 0.1) is 17.3 Å². The zero-order valence-corrected chi connectivity index (χ0v) is 12.0. The molecule has 2 N–H and O–H groups in total. The van der Waals surface area contributed by atoms with Crippen LogP contribution in [0.3, 0.4) is 0 Å². The molecule has 1 aromatic carbocycles. The van der Waals surface area contributed by atoms with E-state index in [0.717, 1.165) is 0 Å². The highest BCUT2D eigenvalue weighted by Crippen LogP contribution is 2.58. The number of benzene rings is 1. The lowest BCUT2D eigenvalue weighted by molar-refractivity contribution is -0.140. The maximum Gasteiger partial charge on any atom is 0.339 e. The van der Waals surface area contributed by atoms with Crippen molar-refractivity contribution in [2.75, 3.05) is 12.4 Å². The third-order valence-electron chi connectivity index (χ3n) is 3.97. The summed E-state index contributed by atoms with van der Waals surface area (Å²) in [6, 6.07) is 6.45. The minimum atomic E-state index is -0.985. The van der Waals surface area contributed by atoms with Gasteiger partial charge in [-0.25, -0.2) is 4.79 Å². The monoisotopic (exact) mass is 291 g/mol. The number of anilines is 1. The number of carbonyl (C=O) groups excluding carboxylic acids is 2. The number of carbonyl (C=O) groups is 3. The van der Waals surface area contributed by atoms with Crippen molar-refractivity contribution in [3.63, 3.8) is 0 Å². The van der Waals surface area contributed by atoms with Gasteiger partial charge in [0.25, 0.3) is 0 Å². The fraction of sp³-hybridized carbons (Fsp3) is 0.400. The van der Waals surface area contributed by atoms with Crippen LogP contribution in [0.15, 0.2) is 24.3 Å². The first kappa shape index (κ1) is 15.0. The van der Waals surface area contributed by atoms with E-state index in [0.29, 0.717) is 5.69 Å². The van der Waals surface area contributed by atoms with Crippen molar-refractivity contribution in [2.24, 2.45) is 17.3 Å². The molecule has 112 valence electrons. The molecule has 1 amide bonds. The van der Waals surface area contributed by atoms with Crippen LogP contribution < -0.4 is 5.32 Å². The second kappa shape index (κ2) is 5.20. The minimum absolute atomic E-state index is 0.235. The highest BCUT2D eigenvalue weighted by molar-refractivity contribution is 6.04. The van der Waals surface area contributed by atoms with Crippen LogP contribution in [-0.4, -0.2) is 30.1 Å². The molecule has 21 heavy (non-hydrogen) atoms. The number of hydrogen-bond donors (Lipinski definition) is 2. The second-order valence-corrected chi connectivity index (χ2v) is 5.64. The zero-order chi connectivity index (χ0) is 15.8. The molecule has 0 heterocycles. The first-order valence-electron chi connectivity index (χ1n) is 6.51. The largest absolute Gasteiger partial charge is 0.481 e. The summed E-state index contributed by atoms with van der Waals surface area (Å²) in [5, 5.41) is 11.7. The van der Waals surface area contributed by atoms with Gasteiger partial charge in [-0.05, 0) is 17.5 Å². The molecule has 6 heteroatoms. The van der Waals surface area contributed by atoms with E-state index in [2.05, 4.69) is 10.1 Å². The van der Waals surface area contributed by atoms with E-state index in [4.69, 9.17) is 5.11 Å². The van der Waals surface area contributed by atoms with Gasteiger partial charge in [-0.2, -0.15) is 0 Å². The lowest BCUT2D eigenvalue weighted by atomic mass is 10.1. The Morgan fingerprint density at radius 2 is 1.81 bits per heavy atom. The molecule has 2 rings (SSSR count). The van der Waals surface area contributed by atoms with Crippen molar-refractivity contribution in [2.45, 2.75) is 13.8 Å². The fourth-order valence-electron chi connectivity index (χ4n) is 2.68. The fourth-order valence-corrected chi connectivity index (χ4v) is 2.68. The number of nitrogens with one attached hydrogen (secondary N) is 1. The third-order valence-corrected chi connectivity index (χ3v) is 3.97. The quantitative estimate of drug-likeness (QED) is 0.825. The highest BCUT2D eigenvalue weighted by atomic mass is 16.5. The van der Waals surface area contributed by atoms with Gasteiger partial charge in [-0.3, -0.25) is 9.59 Å². The summed E-state index contributed by atoms with van der Waals surface area (Å²) in [7, 11) is 1.26. The molecule has 6 nitrogen and oxygen atoms in total. The summed E-state index contributed by atoms with van der Waals surface area (Å²) in [5.74, 6) is -3.26. The lowest BCUT2D eigenvalue weighted by Crippen LogP contribution is -2.19. The first-order valence-corrected chi connectivity index (χ1v) is 6.51. The summed E-state index contributed by atoms with van der Waals surface area (Å²) < 4.78 is 4.65. The molecule has 0 aromatic heterocycles. The molecule has 0 spiro atoms. The average molecular weight is 291 g/mol. The van der Waals surface area contributed by atoms with Gasteiger partial charge in [-0.1, -0.05) is 26.0 Å². The normalized spacial score (nSPS) is 22.2. The van der Waals surface area contributed by atoms with Gasteiger partial charge in [0.05, 0.1) is 30.2 Å². The molecule has 0 radical (unpaired) electrons. The Kier molecular flexibility index (Phi) is 3.72. The standard InChI is InChI=1S/C15H17NO5/c1-15(2)10(11(15)13(18)19)12(17)16-9-7-5-4-6-8(9)14(20)21-3/h4-7,10-11H,1-3H3,(H,16,17)(H,18,19)/t10-,11+/m1/s1. The molecular weight excluding hydrogens is 274 g/mol. The van der Waals surface area contributed by atoms with E-state index < -0.39 is 35.1 Å². The van der Waals surface area contributed by atoms with Gasteiger partial charge in [-0.15, -0.1) is 0 Å². The van der Waals surface area contributed by atoms with Crippen LogP contribution in [0.1, 0.15) is 24.2 Å². The smallest absolute Gasteiger partial charge is 0.339 e. The van der Waals surface area contributed by atoms with Crippen molar-refractivity contribution >= 4 is 23.5 Å². The van der Waals surface area contributed by atoms with Gasteiger partial charge < -0.3 is 15.2 Å². The van der Waals surface area contributed by atoms with Gasteiger partial charge in [0.2, 0.25) is 5.91 Å². The summed E-state index contributed by atoms with van der Waals surface area (Å²) in [4.78, 5) is 35.0. The van der Waals surface area contributed by atoms with E-state index in [1.165, 1.54) is 13.2 Å². The predicted octanol–water partition coefficient (Wildman–Crippen LogP) is 1.77. The number of amides is 1. The molecule has 1 aliphatic carbocycles. The Morgan fingerprint density at radius 1 is 1.19 bits per heavy atom. The summed E-state index contributed by atoms with van der Waals surface area (Å²) in [6.45, 7) is 3.48. The number of methoxy groups -OCH3 is 1. The van der Waals surface area contributed by atoms with Crippen molar-refractivity contribution < 1.29 is 24.2 Å². The first-order chi connectivity index (χ1) is 9.80. The molecule has 0 saturated heterocycles. The zero-order valence-electron chi connectivity index (χ0n) is 12.0. The van der Waals surface area contributed by atoms with Gasteiger partial charge in [0.15, 0.2) is 0 Å². The van der Waals surface area contributed by atoms with Crippen molar-refractivity contribution in [1.29, 1.82) is 0 Å². The van der Waals surface area contributed by atoms with E-state index in [1.54, 1.807) is 32.0 Å². The molecule has 0 aliphatic heterocycles. The maximum atomic E-state index is 12.2. The average Bonchev–Trinajstić information content (AvgIpc) is 3.02. The van der Waals surface area contributed by atoms with E-state index in [1.807, 2.05) is 0 Å². The lowest BCUT2D eigenvalue weighted by Gasteiger charge is -2.10. The van der Waals surface area contributed by atoms with Crippen LogP contribution in [0.25, 0.3) is 0 Å². The van der Waals surface area contributed by atoms with Crippen molar-refractivity contribution in [3.8, 4) is 0 Å². The van der Waals surface area contributed by atoms with Crippen LogP contribution in [0.2, 0.25) is 0 Å². The Bertz CT molecular complexity index is 608. The summed E-state index contributed by atoms with van der Waals surface area (Å²) >= 11 is 0. The number of carboxylic acids is 1. The molecular formula is C15H17NO5. The molecule has 1 aliphatic rings. The van der Waals surface area contributed by atoms with Gasteiger partial charge in [0.1, 0.15) is 0 Å². The molecule has 0 unspecified atom stereocenters. The third kappa shape index (κ3) is 2.61. The van der Waals surface area contributed by atoms with Gasteiger partial charge >= 0.3 is 11.9 Å². The summed E-state index contributed by atoms with van der Waals surface area (Å²) in [6.07, 6.45) is 0. The topological polar surface area (TPSA) is 92.7 Å². The second-order valence-electron chi connectivity index (χ2n) is 5.64. The number of hydrogen-bond acceptors (Lipinski definition) is 4. The SMILES string of the molecule is COC(=O)c1ccccc1NC(=O)[C@H]1[C@@H](C(=O)O)C1(C)C. The molecule has 0 bridgehead atoms. The van der Waals surface area contributed by atoms with E-state index >= 15 is 0 Å². The highest BCUT2D eigenvalue weighted by Gasteiger charge is 2.65. The number of para-hydroxylation sites is 1.